The van der Waals surface area contributed by atoms with Gasteiger partial charge < -0.3 is 20.9 Å². The molecule has 1 aliphatic carbocycles. The first-order valence-electron chi connectivity index (χ1n) is 9.91. The molecule has 2 atom stereocenters. The molecule has 1 unspecified atom stereocenters. The van der Waals surface area contributed by atoms with Gasteiger partial charge in [-0.15, -0.1) is 0 Å². The van der Waals surface area contributed by atoms with Crippen molar-refractivity contribution in [3.8, 4) is 11.4 Å². The van der Waals surface area contributed by atoms with E-state index < -0.39 is 5.82 Å². The number of carbonyl (C=O) groups is 1. The number of rotatable bonds is 5. The molecule has 1 aliphatic rings. The normalized spacial score (nSPS) is 19.1. The average molecular weight is 397 g/mol. The number of aromatic amines is 1. The third-order valence-electron chi connectivity index (χ3n) is 5.18. The Morgan fingerprint density at radius 1 is 1.28 bits per heavy atom. The minimum Gasteiger partial charge on any atom is -0.363 e. The molecule has 29 heavy (non-hydrogen) atoms. The molecule has 3 aromatic rings. The number of urea groups is 1. The van der Waals surface area contributed by atoms with E-state index in [9.17, 15) is 9.18 Å². The summed E-state index contributed by atoms with van der Waals surface area (Å²) in [6.45, 7) is 2.42. The lowest BCUT2D eigenvalue weighted by atomic mass is 9.90. The number of carbonyl (C=O) groups excluding carboxylic acids is 1. The zero-order chi connectivity index (χ0) is 20.2. The predicted molar refractivity (Wildman–Crippen MR) is 109 cm³/mol. The van der Waals surface area contributed by atoms with Gasteiger partial charge in [0.1, 0.15) is 5.65 Å². The Bertz CT molecular complexity index is 1010. The van der Waals surface area contributed by atoms with Crippen molar-refractivity contribution in [2.45, 2.75) is 44.7 Å². The zero-order valence-corrected chi connectivity index (χ0v) is 16.2. The summed E-state index contributed by atoms with van der Waals surface area (Å²) in [7, 11) is 0. The molecule has 1 saturated carbocycles. The summed E-state index contributed by atoms with van der Waals surface area (Å²) >= 11 is 0. The Hall–Kier alpha value is -3.23. The molecule has 3 aromatic heterocycles. The molecule has 1 fully saturated rings. The van der Waals surface area contributed by atoms with Crippen molar-refractivity contribution in [3.05, 3.63) is 36.5 Å². The highest BCUT2D eigenvalue weighted by atomic mass is 19.1. The van der Waals surface area contributed by atoms with Crippen LogP contribution in [0.5, 0.6) is 0 Å². The van der Waals surface area contributed by atoms with Crippen LogP contribution in [0.15, 0.2) is 30.7 Å². The average Bonchev–Trinajstić information content (AvgIpc) is 3.15. The summed E-state index contributed by atoms with van der Waals surface area (Å²) in [4.78, 5) is 27.9. The lowest BCUT2D eigenvalue weighted by Crippen LogP contribution is -2.51. The summed E-state index contributed by atoms with van der Waals surface area (Å²) in [5.74, 6) is 0.0362. The minimum absolute atomic E-state index is 0.0922. The van der Waals surface area contributed by atoms with E-state index in [2.05, 4.69) is 35.9 Å². The number of pyridine rings is 1. The molecular weight excluding hydrogens is 373 g/mol. The summed E-state index contributed by atoms with van der Waals surface area (Å²) in [6, 6.07) is 3.35. The van der Waals surface area contributed by atoms with Crippen LogP contribution in [0.3, 0.4) is 0 Å². The SMILES string of the molecule is CCNC(=O)NC1CCCC[C@H]1Nc1nc(-c2c[nH]c3ncccc23)ncc1F. The highest BCUT2D eigenvalue weighted by molar-refractivity contribution is 5.91. The van der Waals surface area contributed by atoms with Gasteiger partial charge in [-0.1, -0.05) is 12.8 Å². The maximum Gasteiger partial charge on any atom is 0.315 e. The van der Waals surface area contributed by atoms with Crippen molar-refractivity contribution in [1.29, 1.82) is 0 Å². The smallest absolute Gasteiger partial charge is 0.315 e. The summed E-state index contributed by atoms with van der Waals surface area (Å²) in [6.07, 6.45) is 8.35. The zero-order valence-electron chi connectivity index (χ0n) is 16.2. The van der Waals surface area contributed by atoms with Gasteiger partial charge in [0.05, 0.1) is 12.2 Å². The maximum atomic E-state index is 14.5. The summed E-state index contributed by atoms with van der Waals surface area (Å²) in [5.41, 5.74) is 1.49. The van der Waals surface area contributed by atoms with Gasteiger partial charge in [-0.2, -0.15) is 0 Å². The molecule has 0 bridgehead atoms. The third-order valence-corrected chi connectivity index (χ3v) is 5.18. The number of nitrogens with one attached hydrogen (secondary N) is 4. The molecule has 4 rings (SSSR count). The number of anilines is 1. The largest absolute Gasteiger partial charge is 0.363 e. The van der Waals surface area contributed by atoms with E-state index in [0.29, 0.717) is 12.4 Å². The number of fused-ring (bicyclic) bond motifs is 1. The molecule has 9 heteroatoms. The molecule has 0 radical (unpaired) electrons. The van der Waals surface area contributed by atoms with Gasteiger partial charge >= 0.3 is 6.03 Å². The monoisotopic (exact) mass is 397 g/mol. The topological polar surface area (TPSA) is 108 Å². The minimum atomic E-state index is -0.519. The summed E-state index contributed by atoms with van der Waals surface area (Å²) < 4.78 is 14.5. The van der Waals surface area contributed by atoms with Crippen LogP contribution in [-0.2, 0) is 0 Å². The number of aromatic nitrogens is 4. The van der Waals surface area contributed by atoms with E-state index in [0.717, 1.165) is 42.3 Å². The van der Waals surface area contributed by atoms with Crippen LogP contribution < -0.4 is 16.0 Å². The van der Waals surface area contributed by atoms with Crippen LogP contribution >= 0.6 is 0 Å². The molecule has 0 aromatic carbocycles. The molecule has 0 spiro atoms. The first kappa shape index (κ1) is 19.1. The second-order valence-corrected chi connectivity index (χ2v) is 7.14. The van der Waals surface area contributed by atoms with E-state index in [1.165, 1.54) is 6.20 Å². The fourth-order valence-corrected chi connectivity index (χ4v) is 3.77. The quantitative estimate of drug-likeness (QED) is 0.529. The Morgan fingerprint density at radius 3 is 2.93 bits per heavy atom. The van der Waals surface area contributed by atoms with Crippen LogP contribution in [0.2, 0.25) is 0 Å². The molecule has 152 valence electrons. The van der Waals surface area contributed by atoms with Crippen molar-refractivity contribution in [1.82, 2.24) is 30.6 Å². The number of nitrogens with zero attached hydrogens (tertiary/aromatic N) is 3. The van der Waals surface area contributed by atoms with Gasteiger partial charge in [0, 0.05) is 35.9 Å². The van der Waals surface area contributed by atoms with Gasteiger partial charge in [-0.05, 0) is 31.9 Å². The van der Waals surface area contributed by atoms with Crippen LogP contribution in [-0.4, -0.2) is 44.6 Å². The van der Waals surface area contributed by atoms with E-state index in [1.54, 1.807) is 12.4 Å². The number of hydrogen-bond acceptors (Lipinski definition) is 5. The Kier molecular flexibility index (Phi) is 5.55. The lowest BCUT2D eigenvalue weighted by Gasteiger charge is -2.33. The van der Waals surface area contributed by atoms with Crippen molar-refractivity contribution in [3.63, 3.8) is 0 Å². The fourth-order valence-electron chi connectivity index (χ4n) is 3.77. The Morgan fingerprint density at radius 2 is 2.10 bits per heavy atom. The maximum absolute atomic E-state index is 14.5. The van der Waals surface area contributed by atoms with Crippen LogP contribution in [0, 0.1) is 5.82 Å². The van der Waals surface area contributed by atoms with Gasteiger partial charge in [0.15, 0.2) is 17.5 Å². The standard InChI is InChI=1S/C20H24FN7O/c1-2-22-20(29)27-16-8-4-3-7-15(16)26-19-14(21)11-25-18(28-19)13-10-24-17-12(13)6-5-9-23-17/h5-6,9-11,15-16H,2-4,7-8H2,1H3,(H,23,24)(H2,22,27,29)(H,25,26,28)/t15-,16?/m1/s1. The van der Waals surface area contributed by atoms with Crippen molar-refractivity contribution < 1.29 is 9.18 Å². The second kappa shape index (κ2) is 8.42. The predicted octanol–water partition coefficient (Wildman–Crippen LogP) is 3.20. The number of halogens is 1. The highest BCUT2D eigenvalue weighted by Gasteiger charge is 2.27. The van der Waals surface area contributed by atoms with Crippen molar-refractivity contribution in [2.75, 3.05) is 11.9 Å². The number of hydrogen-bond donors (Lipinski definition) is 4. The Balaban J connectivity index is 1.58. The van der Waals surface area contributed by atoms with Gasteiger partial charge in [-0.25, -0.2) is 24.1 Å². The first-order valence-corrected chi connectivity index (χ1v) is 9.91. The van der Waals surface area contributed by atoms with Gasteiger partial charge in [0.2, 0.25) is 0 Å². The van der Waals surface area contributed by atoms with Crippen LogP contribution in [0.1, 0.15) is 32.6 Å². The molecule has 2 amide bonds. The number of amides is 2. The first-order chi connectivity index (χ1) is 14.2. The van der Waals surface area contributed by atoms with E-state index in [1.807, 2.05) is 19.1 Å². The van der Waals surface area contributed by atoms with E-state index in [-0.39, 0.29) is 23.9 Å². The van der Waals surface area contributed by atoms with Crippen LogP contribution in [0.4, 0.5) is 15.0 Å². The summed E-state index contributed by atoms with van der Waals surface area (Å²) in [5, 5.41) is 9.81. The Labute approximate surface area is 167 Å². The van der Waals surface area contributed by atoms with Gasteiger partial charge in [0.25, 0.3) is 0 Å². The lowest BCUT2D eigenvalue weighted by molar-refractivity contribution is 0.231. The number of H-pyrrole nitrogens is 1. The van der Waals surface area contributed by atoms with E-state index in [4.69, 9.17) is 0 Å². The third kappa shape index (κ3) is 4.13. The molecule has 8 nitrogen and oxygen atoms in total. The van der Waals surface area contributed by atoms with Crippen molar-refractivity contribution in [2.24, 2.45) is 0 Å². The molecule has 3 heterocycles. The molecule has 0 aliphatic heterocycles. The molecular formula is C20H24FN7O. The van der Waals surface area contributed by atoms with E-state index >= 15 is 0 Å². The van der Waals surface area contributed by atoms with Crippen molar-refractivity contribution >= 4 is 22.9 Å². The fraction of sp³-hybridized carbons (Fsp3) is 0.400. The van der Waals surface area contributed by atoms with Crippen LogP contribution in [0.25, 0.3) is 22.4 Å². The van der Waals surface area contributed by atoms with Gasteiger partial charge in [-0.3, -0.25) is 0 Å². The second-order valence-electron chi connectivity index (χ2n) is 7.14. The highest BCUT2D eigenvalue weighted by Crippen LogP contribution is 2.27. The molecule has 0 saturated heterocycles. The molecule has 4 N–H and O–H groups in total.